The molecule has 0 bridgehead atoms. The first kappa shape index (κ1) is 14.9. The van der Waals surface area contributed by atoms with E-state index in [0.29, 0.717) is 0 Å². The van der Waals surface area contributed by atoms with E-state index in [1.54, 1.807) is 19.9 Å². The van der Waals surface area contributed by atoms with Crippen LogP contribution in [0.4, 0.5) is 0 Å². The van der Waals surface area contributed by atoms with Crippen LogP contribution in [-0.4, -0.2) is 37.0 Å². The lowest BCUT2D eigenvalue weighted by atomic mass is 10.2. The van der Waals surface area contributed by atoms with Crippen LogP contribution < -0.4 is 0 Å². The molecule has 5 heteroatoms. The number of hydrogen-bond donors (Lipinski definition) is 1. The standard InChI is InChI=1S/C13H19NO3S/c1-12(2)14(9-10-15)18(16,17)11-8-13-6-4-3-5-7-13/h3-8,11-12,15H,9-10H2,1-2H3/b11-8+. The Bertz CT molecular complexity index is 480. The molecule has 0 amide bonds. The summed E-state index contributed by atoms with van der Waals surface area (Å²) in [5, 5.41) is 10.1. The summed E-state index contributed by atoms with van der Waals surface area (Å²) in [6.45, 7) is 3.49. The molecule has 0 saturated carbocycles. The van der Waals surface area contributed by atoms with Crippen LogP contribution in [0.2, 0.25) is 0 Å². The highest BCUT2D eigenvalue weighted by Gasteiger charge is 2.21. The molecule has 4 nitrogen and oxygen atoms in total. The molecule has 0 atom stereocenters. The van der Waals surface area contributed by atoms with Crippen molar-refractivity contribution < 1.29 is 13.5 Å². The van der Waals surface area contributed by atoms with E-state index in [1.165, 1.54) is 9.71 Å². The van der Waals surface area contributed by atoms with Crippen molar-refractivity contribution in [3.8, 4) is 0 Å². The summed E-state index contributed by atoms with van der Waals surface area (Å²) in [7, 11) is -3.49. The van der Waals surface area contributed by atoms with Gasteiger partial charge in [0.1, 0.15) is 0 Å². The van der Waals surface area contributed by atoms with Crippen molar-refractivity contribution in [2.24, 2.45) is 0 Å². The van der Waals surface area contributed by atoms with Gasteiger partial charge in [-0.3, -0.25) is 0 Å². The fraction of sp³-hybridized carbons (Fsp3) is 0.385. The minimum Gasteiger partial charge on any atom is -0.395 e. The zero-order valence-corrected chi connectivity index (χ0v) is 11.5. The van der Waals surface area contributed by atoms with Crippen LogP contribution in [0.1, 0.15) is 19.4 Å². The molecule has 1 aromatic carbocycles. The van der Waals surface area contributed by atoms with E-state index in [1.807, 2.05) is 30.3 Å². The maximum atomic E-state index is 12.1. The van der Waals surface area contributed by atoms with Crippen LogP contribution in [-0.2, 0) is 10.0 Å². The number of aliphatic hydroxyl groups is 1. The zero-order chi connectivity index (χ0) is 13.6. The summed E-state index contributed by atoms with van der Waals surface area (Å²) >= 11 is 0. The molecular formula is C13H19NO3S. The molecule has 1 N–H and O–H groups in total. The fourth-order valence-electron chi connectivity index (χ4n) is 1.58. The Labute approximate surface area is 109 Å². The van der Waals surface area contributed by atoms with Crippen LogP contribution >= 0.6 is 0 Å². The van der Waals surface area contributed by atoms with Gasteiger partial charge in [-0.2, -0.15) is 4.31 Å². The Morgan fingerprint density at radius 2 is 1.89 bits per heavy atom. The van der Waals surface area contributed by atoms with Gasteiger partial charge in [0.15, 0.2) is 0 Å². The third-order valence-electron chi connectivity index (χ3n) is 2.46. The SMILES string of the molecule is CC(C)N(CCO)S(=O)(=O)/C=C/c1ccccc1. The molecule has 0 saturated heterocycles. The number of aliphatic hydroxyl groups excluding tert-OH is 1. The van der Waals surface area contributed by atoms with Crippen molar-refractivity contribution in [1.29, 1.82) is 0 Å². The van der Waals surface area contributed by atoms with E-state index in [9.17, 15) is 8.42 Å². The average molecular weight is 269 g/mol. The number of sulfonamides is 1. The molecule has 0 fully saturated rings. The van der Waals surface area contributed by atoms with Crippen LogP contribution in [0.3, 0.4) is 0 Å². The van der Waals surface area contributed by atoms with E-state index in [0.717, 1.165) is 5.56 Å². The Morgan fingerprint density at radius 3 is 2.39 bits per heavy atom. The lowest BCUT2D eigenvalue weighted by Crippen LogP contribution is -2.37. The normalized spacial score (nSPS) is 12.7. The van der Waals surface area contributed by atoms with E-state index < -0.39 is 10.0 Å². The Hall–Kier alpha value is -1.17. The number of hydrogen-bond acceptors (Lipinski definition) is 3. The van der Waals surface area contributed by atoms with Gasteiger partial charge >= 0.3 is 0 Å². The van der Waals surface area contributed by atoms with Crippen molar-refractivity contribution in [3.63, 3.8) is 0 Å². The van der Waals surface area contributed by atoms with Crippen LogP contribution in [0, 0.1) is 0 Å². The summed E-state index contributed by atoms with van der Waals surface area (Å²) in [4.78, 5) is 0. The molecule has 0 aliphatic heterocycles. The van der Waals surface area contributed by atoms with Gasteiger partial charge in [0.25, 0.3) is 0 Å². The van der Waals surface area contributed by atoms with Gasteiger partial charge in [-0.1, -0.05) is 30.3 Å². The lowest BCUT2D eigenvalue weighted by molar-refractivity contribution is 0.238. The minimum absolute atomic E-state index is 0.110. The fourth-order valence-corrected chi connectivity index (χ4v) is 2.99. The van der Waals surface area contributed by atoms with E-state index in [-0.39, 0.29) is 19.2 Å². The number of rotatable bonds is 6. The Morgan fingerprint density at radius 1 is 1.28 bits per heavy atom. The van der Waals surface area contributed by atoms with Crippen molar-refractivity contribution in [2.45, 2.75) is 19.9 Å². The second-order valence-corrected chi connectivity index (χ2v) is 5.96. The van der Waals surface area contributed by atoms with Gasteiger partial charge in [0, 0.05) is 18.0 Å². The molecule has 0 aliphatic carbocycles. The quantitative estimate of drug-likeness (QED) is 0.855. The van der Waals surface area contributed by atoms with Gasteiger partial charge in [0.2, 0.25) is 10.0 Å². The zero-order valence-electron chi connectivity index (χ0n) is 10.7. The predicted octanol–water partition coefficient (Wildman–Crippen LogP) is 1.69. The molecule has 1 rings (SSSR count). The minimum atomic E-state index is -3.49. The Balaban J connectivity index is 2.89. The molecule has 0 unspecified atom stereocenters. The van der Waals surface area contributed by atoms with Gasteiger partial charge in [0.05, 0.1) is 6.61 Å². The molecule has 0 aliphatic rings. The van der Waals surface area contributed by atoms with Crippen molar-refractivity contribution in [2.75, 3.05) is 13.2 Å². The summed E-state index contributed by atoms with van der Waals surface area (Å²) < 4.78 is 25.4. The molecule has 0 heterocycles. The highest BCUT2D eigenvalue weighted by atomic mass is 32.2. The number of nitrogens with zero attached hydrogens (tertiary/aromatic N) is 1. The predicted molar refractivity (Wildman–Crippen MR) is 73.3 cm³/mol. The van der Waals surface area contributed by atoms with Crippen molar-refractivity contribution in [3.05, 3.63) is 41.3 Å². The summed E-state index contributed by atoms with van der Waals surface area (Å²) in [5.74, 6) is 0. The molecular weight excluding hydrogens is 250 g/mol. The van der Waals surface area contributed by atoms with Crippen LogP contribution in [0.5, 0.6) is 0 Å². The maximum Gasteiger partial charge on any atom is 0.236 e. The van der Waals surface area contributed by atoms with E-state index >= 15 is 0 Å². The first-order valence-corrected chi connectivity index (χ1v) is 7.33. The number of benzene rings is 1. The third kappa shape index (κ3) is 4.25. The van der Waals surface area contributed by atoms with E-state index in [4.69, 9.17) is 5.11 Å². The molecule has 0 radical (unpaired) electrons. The Kier molecular flexibility index (Phi) is 5.53. The van der Waals surface area contributed by atoms with Gasteiger partial charge in [-0.15, -0.1) is 0 Å². The molecule has 100 valence electrons. The lowest BCUT2D eigenvalue weighted by Gasteiger charge is -2.23. The van der Waals surface area contributed by atoms with E-state index in [2.05, 4.69) is 0 Å². The van der Waals surface area contributed by atoms with Crippen molar-refractivity contribution in [1.82, 2.24) is 4.31 Å². The molecule has 1 aromatic rings. The first-order valence-electron chi connectivity index (χ1n) is 5.83. The average Bonchev–Trinajstić information content (AvgIpc) is 2.34. The topological polar surface area (TPSA) is 57.6 Å². The molecule has 0 spiro atoms. The summed E-state index contributed by atoms with van der Waals surface area (Å²) in [6.07, 6.45) is 1.56. The second kappa shape index (κ2) is 6.68. The van der Waals surface area contributed by atoms with Gasteiger partial charge in [-0.05, 0) is 25.5 Å². The van der Waals surface area contributed by atoms with Gasteiger partial charge in [-0.25, -0.2) is 8.42 Å². The third-order valence-corrected chi connectivity index (χ3v) is 4.19. The van der Waals surface area contributed by atoms with Crippen LogP contribution in [0.15, 0.2) is 35.7 Å². The largest absolute Gasteiger partial charge is 0.395 e. The summed E-state index contributed by atoms with van der Waals surface area (Å²) in [5.41, 5.74) is 0.828. The highest BCUT2D eigenvalue weighted by molar-refractivity contribution is 7.92. The highest BCUT2D eigenvalue weighted by Crippen LogP contribution is 2.11. The molecule has 0 aromatic heterocycles. The smallest absolute Gasteiger partial charge is 0.236 e. The summed E-state index contributed by atoms with van der Waals surface area (Å²) in [6, 6.07) is 9.05. The molecule has 18 heavy (non-hydrogen) atoms. The second-order valence-electron chi connectivity index (χ2n) is 4.19. The maximum absolute atomic E-state index is 12.1. The monoisotopic (exact) mass is 269 g/mol. The van der Waals surface area contributed by atoms with Crippen LogP contribution in [0.25, 0.3) is 6.08 Å². The first-order chi connectivity index (χ1) is 8.47. The van der Waals surface area contributed by atoms with Gasteiger partial charge < -0.3 is 5.11 Å². The van der Waals surface area contributed by atoms with Crippen molar-refractivity contribution >= 4 is 16.1 Å².